The van der Waals surface area contributed by atoms with E-state index in [2.05, 4.69) is 5.32 Å². The number of rotatable bonds is 1. The first-order chi connectivity index (χ1) is 4.79. The maximum Gasteiger partial charge on any atom is 0.316 e. The second kappa shape index (κ2) is 4.91. The standard InChI is InChI=1S/C7H8N2O.Mo/c8-7(10)9-6-4-2-1-3-5-6;/h1-5H,(H3,8,9,10);. The zero-order chi connectivity index (χ0) is 7.40. The number of hydrogen-bond donors (Lipinski definition) is 2. The van der Waals surface area contributed by atoms with Gasteiger partial charge in [-0.2, -0.15) is 0 Å². The first kappa shape index (κ1) is 10.2. The smallest absolute Gasteiger partial charge is 0.316 e. The van der Waals surface area contributed by atoms with Gasteiger partial charge in [-0.25, -0.2) is 4.79 Å². The van der Waals surface area contributed by atoms with E-state index in [1.54, 1.807) is 12.1 Å². The third kappa shape index (κ3) is 3.78. The Kier molecular flexibility index (Phi) is 4.55. The van der Waals surface area contributed by atoms with E-state index >= 15 is 0 Å². The van der Waals surface area contributed by atoms with Crippen LogP contribution in [0.5, 0.6) is 0 Å². The van der Waals surface area contributed by atoms with Gasteiger partial charge in [-0.1, -0.05) is 18.2 Å². The summed E-state index contributed by atoms with van der Waals surface area (Å²) in [6.07, 6.45) is 0. The minimum absolute atomic E-state index is 0. The van der Waals surface area contributed by atoms with E-state index < -0.39 is 6.03 Å². The van der Waals surface area contributed by atoms with Gasteiger partial charge in [-0.05, 0) is 12.1 Å². The van der Waals surface area contributed by atoms with Crippen LogP contribution >= 0.6 is 0 Å². The summed E-state index contributed by atoms with van der Waals surface area (Å²) in [5, 5.41) is 2.44. The van der Waals surface area contributed by atoms with Crippen LogP contribution < -0.4 is 11.1 Å². The molecule has 0 unspecified atom stereocenters. The number of carbonyl (C=O) groups excluding carboxylic acids is 1. The van der Waals surface area contributed by atoms with E-state index in [1.807, 2.05) is 18.2 Å². The number of nitrogens with one attached hydrogen (secondary N) is 1. The first-order valence-electron chi connectivity index (χ1n) is 2.90. The number of anilines is 1. The number of nitrogens with two attached hydrogens (primary N) is 1. The molecule has 0 spiro atoms. The summed E-state index contributed by atoms with van der Waals surface area (Å²) in [6, 6.07) is 8.52. The van der Waals surface area contributed by atoms with Gasteiger partial charge in [0.2, 0.25) is 0 Å². The second-order valence-corrected chi connectivity index (χ2v) is 1.86. The van der Waals surface area contributed by atoms with Crippen molar-refractivity contribution in [3.8, 4) is 0 Å². The molecule has 0 aliphatic carbocycles. The molecule has 0 bridgehead atoms. The van der Waals surface area contributed by atoms with E-state index in [-0.39, 0.29) is 21.1 Å². The molecule has 0 saturated heterocycles. The van der Waals surface area contributed by atoms with Gasteiger partial charge < -0.3 is 11.1 Å². The first-order valence-corrected chi connectivity index (χ1v) is 2.90. The molecule has 0 saturated carbocycles. The molecule has 11 heavy (non-hydrogen) atoms. The molecule has 1 aromatic carbocycles. The normalized spacial score (nSPS) is 8.00. The van der Waals surface area contributed by atoms with E-state index in [1.165, 1.54) is 0 Å². The fourth-order valence-electron chi connectivity index (χ4n) is 0.664. The fraction of sp³-hybridized carbons (Fsp3) is 0. The van der Waals surface area contributed by atoms with Crippen LogP contribution in [-0.2, 0) is 21.1 Å². The number of hydrogen-bond acceptors (Lipinski definition) is 1. The van der Waals surface area contributed by atoms with E-state index in [4.69, 9.17) is 5.73 Å². The molecule has 1 rings (SSSR count). The van der Waals surface area contributed by atoms with Crippen LogP contribution in [-0.4, -0.2) is 6.03 Å². The largest absolute Gasteiger partial charge is 0.351 e. The average molecular weight is 232 g/mol. The Morgan fingerprint density at radius 2 is 1.82 bits per heavy atom. The summed E-state index contributed by atoms with van der Waals surface area (Å²) in [7, 11) is 0. The molecule has 0 atom stereocenters. The number of urea groups is 1. The predicted octanol–water partition coefficient (Wildman–Crippen LogP) is 1.17. The molecule has 4 heteroatoms. The molecule has 58 valence electrons. The molecular weight excluding hydrogens is 224 g/mol. The van der Waals surface area contributed by atoms with Crippen molar-refractivity contribution in [1.82, 2.24) is 0 Å². The predicted molar refractivity (Wildman–Crippen MR) is 39.6 cm³/mol. The van der Waals surface area contributed by atoms with Crippen LogP contribution in [0.1, 0.15) is 0 Å². The maximum atomic E-state index is 10.3. The minimum Gasteiger partial charge on any atom is -0.351 e. The summed E-state index contributed by atoms with van der Waals surface area (Å²) >= 11 is 0. The van der Waals surface area contributed by atoms with Gasteiger partial charge in [0.05, 0.1) is 0 Å². The van der Waals surface area contributed by atoms with E-state index in [0.717, 1.165) is 5.69 Å². The van der Waals surface area contributed by atoms with Gasteiger partial charge in [-0.15, -0.1) is 0 Å². The van der Waals surface area contributed by atoms with Gasteiger partial charge in [0.15, 0.2) is 0 Å². The molecular formula is C7H8MoN2O. The van der Waals surface area contributed by atoms with Gasteiger partial charge >= 0.3 is 6.03 Å². The van der Waals surface area contributed by atoms with Crippen molar-refractivity contribution in [2.75, 3.05) is 5.32 Å². The molecule has 0 radical (unpaired) electrons. The van der Waals surface area contributed by atoms with Crippen LogP contribution in [0.2, 0.25) is 0 Å². The molecule has 0 heterocycles. The maximum absolute atomic E-state index is 10.3. The van der Waals surface area contributed by atoms with Crippen molar-refractivity contribution in [3.63, 3.8) is 0 Å². The molecule has 0 aliphatic rings. The Hall–Kier alpha value is -0.822. The van der Waals surface area contributed by atoms with E-state index in [0.29, 0.717) is 0 Å². The third-order valence-corrected chi connectivity index (χ3v) is 1.04. The van der Waals surface area contributed by atoms with Crippen molar-refractivity contribution < 1.29 is 25.9 Å². The molecule has 1 aromatic rings. The minimum atomic E-state index is -0.536. The Balaban J connectivity index is 0.000001000. The number of benzene rings is 1. The third-order valence-electron chi connectivity index (χ3n) is 1.04. The summed E-state index contributed by atoms with van der Waals surface area (Å²) < 4.78 is 0. The Morgan fingerprint density at radius 1 is 1.27 bits per heavy atom. The van der Waals surface area contributed by atoms with Crippen LogP contribution in [0.3, 0.4) is 0 Å². The van der Waals surface area contributed by atoms with Crippen molar-refractivity contribution in [2.45, 2.75) is 0 Å². The summed E-state index contributed by atoms with van der Waals surface area (Å²) in [4.78, 5) is 10.3. The van der Waals surface area contributed by atoms with Crippen molar-refractivity contribution >= 4 is 11.7 Å². The zero-order valence-corrected chi connectivity index (χ0v) is 7.79. The van der Waals surface area contributed by atoms with Crippen molar-refractivity contribution in [2.24, 2.45) is 5.73 Å². The zero-order valence-electron chi connectivity index (χ0n) is 5.78. The summed E-state index contributed by atoms with van der Waals surface area (Å²) in [5.41, 5.74) is 5.59. The Labute approximate surface area is 79.2 Å². The molecule has 0 aliphatic heterocycles. The van der Waals surface area contributed by atoms with Crippen LogP contribution in [0, 0.1) is 0 Å². The number of primary amides is 1. The summed E-state index contributed by atoms with van der Waals surface area (Å²) in [5.74, 6) is 0. The number of carbonyl (C=O) groups is 1. The molecule has 2 amide bonds. The average Bonchev–Trinajstić information content (AvgIpc) is 1.88. The second-order valence-electron chi connectivity index (χ2n) is 1.86. The van der Waals surface area contributed by atoms with Gasteiger partial charge in [0, 0.05) is 26.8 Å². The molecule has 3 N–H and O–H groups in total. The van der Waals surface area contributed by atoms with Gasteiger partial charge in [0.1, 0.15) is 0 Å². The van der Waals surface area contributed by atoms with E-state index in [9.17, 15) is 4.79 Å². The van der Waals surface area contributed by atoms with Crippen LogP contribution in [0.25, 0.3) is 0 Å². The number of amides is 2. The number of para-hydroxylation sites is 1. The van der Waals surface area contributed by atoms with Gasteiger partial charge in [-0.3, -0.25) is 0 Å². The monoisotopic (exact) mass is 234 g/mol. The van der Waals surface area contributed by atoms with Crippen LogP contribution in [0.15, 0.2) is 30.3 Å². The van der Waals surface area contributed by atoms with Crippen molar-refractivity contribution in [1.29, 1.82) is 0 Å². The van der Waals surface area contributed by atoms with Crippen LogP contribution in [0.4, 0.5) is 10.5 Å². The Bertz CT molecular complexity index is 225. The quantitative estimate of drug-likeness (QED) is 0.701. The topological polar surface area (TPSA) is 55.1 Å². The molecule has 3 nitrogen and oxygen atoms in total. The SMILES string of the molecule is NC(=O)Nc1ccccc1.[Mo]. The molecule has 0 aromatic heterocycles. The Morgan fingerprint density at radius 3 is 2.27 bits per heavy atom. The van der Waals surface area contributed by atoms with Crippen molar-refractivity contribution in [3.05, 3.63) is 30.3 Å². The molecule has 0 fully saturated rings. The van der Waals surface area contributed by atoms with Gasteiger partial charge in [0.25, 0.3) is 0 Å². The summed E-state index contributed by atoms with van der Waals surface area (Å²) in [6.45, 7) is 0. The fourth-order valence-corrected chi connectivity index (χ4v) is 0.664.